The summed E-state index contributed by atoms with van der Waals surface area (Å²) in [5, 5.41) is 0. The van der Waals surface area contributed by atoms with Crippen LogP contribution in [0.5, 0.6) is 0 Å². The molecule has 1 aromatic rings. The number of nitrogens with one attached hydrogen (secondary N) is 1. The molecule has 2 rings (SSSR count). The third-order valence-electron chi connectivity index (χ3n) is 3.55. The Hall–Kier alpha value is -1.41. The van der Waals surface area contributed by atoms with Gasteiger partial charge >= 0.3 is 0 Å². The molecule has 1 aliphatic rings. The van der Waals surface area contributed by atoms with Crippen LogP contribution >= 0.6 is 12.4 Å². The van der Waals surface area contributed by atoms with Gasteiger partial charge in [-0.3, -0.25) is 4.79 Å². The summed E-state index contributed by atoms with van der Waals surface area (Å²) in [6, 6.07) is 6.03. The van der Waals surface area contributed by atoms with Crippen molar-refractivity contribution in [1.29, 1.82) is 0 Å². The fraction of sp³-hybridized carbons (Fsp3) is 0.400. The van der Waals surface area contributed by atoms with Crippen LogP contribution in [-0.2, 0) is 10.0 Å². The Morgan fingerprint density at radius 3 is 2.87 bits per heavy atom. The Morgan fingerprint density at radius 1 is 1.48 bits per heavy atom. The number of halogens is 1. The second-order valence-electron chi connectivity index (χ2n) is 5.32. The van der Waals surface area contributed by atoms with Crippen LogP contribution in [0, 0.1) is 0 Å². The van der Waals surface area contributed by atoms with E-state index in [1.807, 2.05) is 0 Å². The normalized spacial score (nSPS) is 18.1. The summed E-state index contributed by atoms with van der Waals surface area (Å²) in [5.74, 6) is -0.184. The Balaban J connectivity index is 0.00000264. The third kappa shape index (κ3) is 5.04. The Kier molecular flexibility index (Phi) is 7.21. The Morgan fingerprint density at radius 2 is 2.22 bits per heavy atom. The predicted octanol–water partition coefficient (Wildman–Crippen LogP) is 1.14. The van der Waals surface area contributed by atoms with E-state index in [-0.39, 0.29) is 35.8 Å². The molecule has 23 heavy (non-hydrogen) atoms. The molecule has 3 N–H and O–H groups in total. The summed E-state index contributed by atoms with van der Waals surface area (Å²) >= 11 is 0. The smallest absolute Gasteiger partial charge is 0.253 e. The van der Waals surface area contributed by atoms with Crippen LogP contribution in [0.25, 0.3) is 0 Å². The van der Waals surface area contributed by atoms with Crippen LogP contribution in [-0.4, -0.2) is 44.9 Å². The van der Waals surface area contributed by atoms with E-state index in [4.69, 9.17) is 5.73 Å². The van der Waals surface area contributed by atoms with Gasteiger partial charge in [0, 0.05) is 31.2 Å². The van der Waals surface area contributed by atoms with Gasteiger partial charge in [0.2, 0.25) is 10.0 Å². The van der Waals surface area contributed by atoms with Crippen LogP contribution in [0.2, 0.25) is 0 Å². The van der Waals surface area contributed by atoms with Gasteiger partial charge in [-0.1, -0.05) is 12.1 Å². The number of nitrogens with two attached hydrogens (primary N) is 1. The van der Waals surface area contributed by atoms with Crippen molar-refractivity contribution in [2.24, 2.45) is 5.73 Å². The second-order valence-corrected chi connectivity index (χ2v) is 7.09. The number of hydrogen-bond acceptors (Lipinski definition) is 4. The first-order valence-corrected chi connectivity index (χ1v) is 8.68. The third-order valence-corrected chi connectivity index (χ3v) is 4.98. The van der Waals surface area contributed by atoms with Crippen molar-refractivity contribution in [3.8, 4) is 0 Å². The van der Waals surface area contributed by atoms with Gasteiger partial charge in [0.1, 0.15) is 0 Å². The molecule has 1 amide bonds. The summed E-state index contributed by atoms with van der Waals surface area (Å²) in [7, 11) is -3.64. The van der Waals surface area contributed by atoms with Crippen molar-refractivity contribution in [1.82, 2.24) is 9.62 Å². The summed E-state index contributed by atoms with van der Waals surface area (Å²) in [6.45, 7) is 4.77. The lowest BCUT2D eigenvalue weighted by Gasteiger charge is -2.30. The average molecular weight is 360 g/mol. The maximum absolute atomic E-state index is 12.5. The second kappa shape index (κ2) is 8.44. The fourth-order valence-corrected chi connectivity index (χ4v) is 3.47. The number of nitrogens with zero attached hydrogens (tertiary/aromatic N) is 1. The number of sulfonamides is 1. The molecule has 1 fully saturated rings. The first-order valence-electron chi connectivity index (χ1n) is 7.19. The standard InChI is InChI=1S/C15H21N3O3S.ClH/c1-2-8-17-22(20,21)14-7-3-5-12(10-14)15(19)18-9-4-6-13(16)11-18;/h2-3,5,7,10,13,17H,1,4,6,8-9,11,16H2;1H. The zero-order valence-electron chi connectivity index (χ0n) is 12.8. The molecule has 1 aromatic carbocycles. The molecule has 0 spiro atoms. The van der Waals surface area contributed by atoms with Crippen LogP contribution in [0.4, 0.5) is 0 Å². The maximum Gasteiger partial charge on any atom is 0.253 e. The number of carbonyl (C=O) groups excluding carboxylic acids is 1. The van der Waals surface area contributed by atoms with Gasteiger partial charge in [-0.25, -0.2) is 13.1 Å². The highest BCUT2D eigenvalue weighted by Crippen LogP contribution is 2.16. The van der Waals surface area contributed by atoms with E-state index in [1.54, 1.807) is 17.0 Å². The highest BCUT2D eigenvalue weighted by Gasteiger charge is 2.23. The van der Waals surface area contributed by atoms with Gasteiger partial charge < -0.3 is 10.6 Å². The van der Waals surface area contributed by atoms with E-state index in [2.05, 4.69) is 11.3 Å². The number of benzene rings is 1. The van der Waals surface area contributed by atoms with Crippen molar-refractivity contribution in [2.45, 2.75) is 23.8 Å². The maximum atomic E-state index is 12.5. The van der Waals surface area contributed by atoms with Crippen molar-refractivity contribution < 1.29 is 13.2 Å². The van der Waals surface area contributed by atoms with Gasteiger partial charge in [-0.05, 0) is 31.0 Å². The number of piperidine rings is 1. The monoisotopic (exact) mass is 359 g/mol. The summed E-state index contributed by atoms with van der Waals surface area (Å²) in [5.41, 5.74) is 6.24. The van der Waals surface area contributed by atoms with Crippen molar-refractivity contribution >= 4 is 28.3 Å². The van der Waals surface area contributed by atoms with E-state index in [9.17, 15) is 13.2 Å². The van der Waals surface area contributed by atoms with Gasteiger partial charge in [-0.2, -0.15) is 0 Å². The van der Waals surface area contributed by atoms with Crippen molar-refractivity contribution in [2.75, 3.05) is 19.6 Å². The van der Waals surface area contributed by atoms with Crippen molar-refractivity contribution in [3.63, 3.8) is 0 Å². The van der Waals surface area contributed by atoms with Gasteiger partial charge in [0.05, 0.1) is 4.90 Å². The number of hydrogen-bond donors (Lipinski definition) is 2. The number of likely N-dealkylation sites (tertiary alicyclic amines) is 1. The fourth-order valence-electron chi connectivity index (χ4n) is 2.43. The molecule has 0 radical (unpaired) electrons. The van der Waals surface area contributed by atoms with E-state index in [0.29, 0.717) is 18.7 Å². The molecule has 8 heteroatoms. The SMILES string of the molecule is C=CCNS(=O)(=O)c1cccc(C(=O)N2CCCC(N)C2)c1.Cl. The largest absolute Gasteiger partial charge is 0.337 e. The number of amides is 1. The number of rotatable bonds is 5. The average Bonchev–Trinajstić information content (AvgIpc) is 2.52. The van der Waals surface area contributed by atoms with E-state index in [1.165, 1.54) is 18.2 Å². The summed E-state index contributed by atoms with van der Waals surface area (Å²) in [4.78, 5) is 14.2. The molecule has 6 nitrogen and oxygen atoms in total. The molecular formula is C15H22ClN3O3S. The summed E-state index contributed by atoms with van der Waals surface area (Å²) in [6.07, 6.45) is 3.23. The van der Waals surface area contributed by atoms with Gasteiger partial charge in [0.15, 0.2) is 0 Å². The molecule has 1 aliphatic heterocycles. The number of carbonyl (C=O) groups is 1. The first-order chi connectivity index (χ1) is 10.4. The van der Waals surface area contributed by atoms with Crippen molar-refractivity contribution in [3.05, 3.63) is 42.5 Å². The highest BCUT2D eigenvalue weighted by atomic mass is 35.5. The minimum absolute atomic E-state index is 0. The van der Waals surface area contributed by atoms with Crippen LogP contribution in [0.15, 0.2) is 41.8 Å². The minimum Gasteiger partial charge on any atom is -0.337 e. The molecule has 1 atom stereocenters. The van der Waals surface area contributed by atoms with Crippen LogP contribution in [0.3, 0.4) is 0 Å². The molecule has 0 aliphatic carbocycles. The van der Waals surface area contributed by atoms with E-state index < -0.39 is 10.0 Å². The van der Waals surface area contributed by atoms with Crippen LogP contribution in [0.1, 0.15) is 23.2 Å². The molecule has 0 aromatic heterocycles. The van der Waals surface area contributed by atoms with E-state index >= 15 is 0 Å². The van der Waals surface area contributed by atoms with Gasteiger partial charge in [-0.15, -0.1) is 19.0 Å². The lowest BCUT2D eigenvalue weighted by molar-refractivity contribution is 0.0708. The zero-order valence-corrected chi connectivity index (χ0v) is 14.4. The molecule has 1 unspecified atom stereocenters. The lowest BCUT2D eigenvalue weighted by atomic mass is 10.1. The minimum atomic E-state index is -3.64. The quantitative estimate of drug-likeness (QED) is 0.771. The Bertz CT molecular complexity index is 664. The zero-order chi connectivity index (χ0) is 16.2. The predicted molar refractivity (Wildman–Crippen MR) is 92.2 cm³/mol. The Labute approximate surface area is 143 Å². The van der Waals surface area contributed by atoms with Gasteiger partial charge in [0.25, 0.3) is 5.91 Å². The highest BCUT2D eigenvalue weighted by molar-refractivity contribution is 7.89. The molecule has 1 heterocycles. The van der Waals surface area contributed by atoms with Crippen LogP contribution < -0.4 is 10.5 Å². The molecule has 128 valence electrons. The topological polar surface area (TPSA) is 92.5 Å². The molecule has 1 saturated heterocycles. The summed E-state index contributed by atoms with van der Waals surface area (Å²) < 4.78 is 26.6. The molecule has 0 bridgehead atoms. The van der Waals surface area contributed by atoms with E-state index in [0.717, 1.165) is 12.8 Å². The first kappa shape index (κ1) is 19.6. The molecule has 0 saturated carbocycles. The lowest BCUT2D eigenvalue weighted by Crippen LogP contribution is -2.45. The molecular weight excluding hydrogens is 338 g/mol.